The van der Waals surface area contributed by atoms with E-state index in [0.29, 0.717) is 6.54 Å². The third-order valence-electron chi connectivity index (χ3n) is 3.61. The zero-order valence-electron chi connectivity index (χ0n) is 11.7. The molecule has 19 heavy (non-hydrogen) atoms. The quantitative estimate of drug-likeness (QED) is 0.839. The van der Waals surface area contributed by atoms with Crippen LogP contribution in [0.15, 0.2) is 36.9 Å². The fraction of sp³-hybridized carbons (Fsp3) is 0.438. The van der Waals surface area contributed by atoms with Gasteiger partial charge in [-0.15, -0.1) is 6.58 Å². The van der Waals surface area contributed by atoms with Crippen molar-refractivity contribution in [3.05, 3.63) is 48.0 Å². The van der Waals surface area contributed by atoms with Crippen LogP contribution in [0.2, 0.25) is 0 Å². The summed E-state index contributed by atoms with van der Waals surface area (Å²) < 4.78 is 0. The van der Waals surface area contributed by atoms with Crippen LogP contribution in [0.4, 0.5) is 0 Å². The fourth-order valence-electron chi connectivity index (χ4n) is 2.52. The monoisotopic (exact) mass is 258 g/mol. The third-order valence-corrected chi connectivity index (χ3v) is 3.61. The first-order valence-corrected chi connectivity index (χ1v) is 6.85. The molecule has 1 aliphatic heterocycles. The first-order chi connectivity index (χ1) is 9.13. The lowest BCUT2D eigenvalue weighted by molar-refractivity contribution is -0.134. The Balaban J connectivity index is 2.11. The van der Waals surface area contributed by atoms with Crippen molar-refractivity contribution in [3.63, 3.8) is 0 Å². The van der Waals surface area contributed by atoms with Crippen molar-refractivity contribution in [1.82, 2.24) is 10.2 Å². The Kier molecular flexibility index (Phi) is 4.38. The summed E-state index contributed by atoms with van der Waals surface area (Å²) in [6.07, 6.45) is 2.56. The molecule has 0 bridgehead atoms. The lowest BCUT2D eigenvalue weighted by Gasteiger charge is -2.32. The van der Waals surface area contributed by atoms with Crippen LogP contribution >= 0.6 is 0 Å². The van der Waals surface area contributed by atoms with Crippen molar-refractivity contribution < 1.29 is 4.79 Å². The van der Waals surface area contributed by atoms with Gasteiger partial charge in [-0.25, -0.2) is 0 Å². The summed E-state index contributed by atoms with van der Waals surface area (Å²) >= 11 is 0. The van der Waals surface area contributed by atoms with Gasteiger partial charge < -0.3 is 10.2 Å². The molecule has 3 heteroatoms. The van der Waals surface area contributed by atoms with E-state index in [-0.39, 0.29) is 18.0 Å². The third kappa shape index (κ3) is 3.04. The maximum Gasteiger partial charge on any atom is 0.240 e. The van der Waals surface area contributed by atoms with Crippen molar-refractivity contribution in [2.75, 3.05) is 6.54 Å². The standard InChI is InChI=1S/C16H22N2O/c1-4-9-18(12(2)3)16(19)15-10-13-7-5-6-8-14(13)11-17-15/h4-8,12,15,17H,1,9-11H2,2-3H3. The second-order valence-electron chi connectivity index (χ2n) is 5.28. The van der Waals surface area contributed by atoms with E-state index in [2.05, 4.69) is 24.0 Å². The van der Waals surface area contributed by atoms with Gasteiger partial charge >= 0.3 is 0 Å². The predicted octanol–water partition coefficient (Wildman–Crippen LogP) is 2.12. The maximum atomic E-state index is 12.6. The Hall–Kier alpha value is -1.61. The second kappa shape index (κ2) is 6.02. The van der Waals surface area contributed by atoms with Gasteiger partial charge in [0, 0.05) is 19.1 Å². The number of hydrogen-bond donors (Lipinski definition) is 1. The van der Waals surface area contributed by atoms with Crippen molar-refractivity contribution in [1.29, 1.82) is 0 Å². The molecular weight excluding hydrogens is 236 g/mol. The maximum absolute atomic E-state index is 12.6. The van der Waals surface area contributed by atoms with Crippen LogP contribution in [-0.2, 0) is 17.8 Å². The van der Waals surface area contributed by atoms with Gasteiger partial charge in [0.15, 0.2) is 0 Å². The molecule has 1 aliphatic rings. The molecule has 0 saturated heterocycles. The lowest BCUT2D eigenvalue weighted by Crippen LogP contribution is -2.51. The minimum atomic E-state index is -0.114. The molecule has 0 aliphatic carbocycles. The lowest BCUT2D eigenvalue weighted by atomic mass is 9.95. The molecule has 2 rings (SSSR count). The van der Waals surface area contributed by atoms with Crippen LogP contribution < -0.4 is 5.32 Å². The van der Waals surface area contributed by atoms with E-state index >= 15 is 0 Å². The van der Waals surface area contributed by atoms with Gasteiger partial charge in [0.2, 0.25) is 5.91 Å². The van der Waals surface area contributed by atoms with Gasteiger partial charge in [-0.3, -0.25) is 4.79 Å². The normalized spacial score (nSPS) is 17.9. The molecule has 1 aromatic rings. The van der Waals surface area contributed by atoms with Crippen LogP contribution in [0.3, 0.4) is 0 Å². The van der Waals surface area contributed by atoms with Crippen molar-refractivity contribution in [3.8, 4) is 0 Å². The molecule has 0 saturated carbocycles. The first kappa shape index (κ1) is 13.8. The average Bonchev–Trinajstić information content (AvgIpc) is 2.43. The number of amides is 1. The van der Waals surface area contributed by atoms with E-state index in [1.54, 1.807) is 6.08 Å². The molecule has 102 valence electrons. The highest BCUT2D eigenvalue weighted by Gasteiger charge is 2.28. The van der Waals surface area contributed by atoms with Gasteiger partial charge in [0.1, 0.15) is 0 Å². The molecular formula is C16H22N2O. The Labute approximate surface area is 115 Å². The van der Waals surface area contributed by atoms with Crippen LogP contribution in [-0.4, -0.2) is 29.4 Å². The summed E-state index contributed by atoms with van der Waals surface area (Å²) in [4.78, 5) is 14.4. The minimum absolute atomic E-state index is 0.114. The van der Waals surface area contributed by atoms with E-state index in [0.717, 1.165) is 13.0 Å². The average molecular weight is 258 g/mol. The molecule has 1 heterocycles. The highest BCUT2D eigenvalue weighted by atomic mass is 16.2. The number of nitrogens with one attached hydrogen (secondary N) is 1. The topological polar surface area (TPSA) is 32.3 Å². The van der Waals surface area contributed by atoms with E-state index < -0.39 is 0 Å². The van der Waals surface area contributed by atoms with Crippen LogP contribution in [0.1, 0.15) is 25.0 Å². The minimum Gasteiger partial charge on any atom is -0.335 e. The highest BCUT2D eigenvalue weighted by Crippen LogP contribution is 2.18. The molecule has 1 atom stereocenters. The largest absolute Gasteiger partial charge is 0.335 e. The summed E-state index contributed by atoms with van der Waals surface area (Å²) in [6.45, 7) is 9.19. The Morgan fingerprint density at radius 3 is 2.79 bits per heavy atom. The van der Waals surface area contributed by atoms with Gasteiger partial charge in [0.25, 0.3) is 0 Å². The Bertz CT molecular complexity index is 468. The predicted molar refractivity (Wildman–Crippen MR) is 77.8 cm³/mol. The number of rotatable bonds is 4. The zero-order chi connectivity index (χ0) is 13.8. The number of carbonyl (C=O) groups excluding carboxylic acids is 1. The molecule has 3 nitrogen and oxygen atoms in total. The molecule has 0 radical (unpaired) electrons. The first-order valence-electron chi connectivity index (χ1n) is 6.85. The Morgan fingerprint density at radius 1 is 1.47 bits per heavy atom. The Morgan fingerprint density at radius 2 is 2.16 bits per heavy atom. The molecule has 1 aromatic carbocycles. The second-order valence-corrected chi connectivity index (χ2v) is 5.28. The summed E-state index contributed by atoms with van der Waals surface area (Å²) in [7, 11) is 0. The summed E-state index contributed by atoms with van der Waals surface area (Å²) in [5, 5.41) is 3.34. The molecule has 1 N–H and O–H groups in total. The molecule has 0 fully saturated rings. The van der Waals surface area contributed by atoms with E-state index in [9.17, 15) is 4.79 Å². The summed E-state index contributed by atoms with van der Waals surface area (Å²) in [5.74, 6) is 0.171. The molecule has 0 aromatic heterocycles. The van der Waals surface area contributed by atoms with Gasteiger partial charge in [-0.1, -0.05) is 30.3 Å². The summed E-state index contributed by atoms with van der Waals surface area (Å²) in [6, 6.07) is 8.40. The van der Waals surface area contributed by atoms with Crippen molar-refractivity contribution >= 4 is 5.91 Å². The number of carbonyl (C=O) groups is 1. The fourth-order valence-corrected chi connectivity index (χ4v) is 2.52. The molecule has 1 amide bonds. The van der Waals surface area contributed by atoms with Crippen molar-refractivity contribution in [2.45, 2.75) is 38.9 Å². The van der Waals surface area contributed by atoms with Crippen LogP contribution in [0.5, 0.6) is 0 Å². The SMILES string of the molecule is C=CCN(C(=O)C1Cc2ccccc2CN1)C(C)C. The van der Waals surface area contributed by atoms with Gasteiger partial charge in [-0.05, 0) is 31.4 Å². The van der Waals surface area contributed by atoms with Crippen LogP contribution in [0.25, 0.3) is 0 Å². The number of nitrogens with zero attached hydrogens (tertiary/aromatic N) is 1. The smallest absolute Gasteiger partial charge is 0.240 e. The van der Waals surface area contributed by atoms with E-state index in [1.165, 1.54) is 11.1 Å². The highest BCUT2D eigenvalue weighted by molar-refractivity contribution is 5.83. The van der Waals surface area contributed by atoms with Gasteiger partial charge in [-0.2, -0.15) is 0 Å². The zero-order valence-corrected chi connectivity index (χ0v) is 11.7. The van der Waals surface area contributed by atoms with E-state index in [1.807, 2.05) is 30.9 Å². The van der Waals surface area contributed by atoms with E-state index in [4.69, 9.17) is 0 Å². The summed E-state index contributed by atoms with van der Waals surface area (Å²) in [5.41, 5.74) is 2.58. The van der Waals surface area contributed by atoms with Crippen molar-refractivity contribution in [2.24, 2.45) is 0 Å². The number of benzene rings is 1. The number of hydrogen-bond acceptors (Lipinski definition) is 2. The van der Waals surface area contributed by atoms with Crippen LogP contribution in [0, 0.1) is 0 Å². The molecule has 1 unspecified atom stereocenters. The van der Waals surface area contributed by atoms with Gasteiger partial charge in [0.05, 0.1) is 6.04 Å². The molecule has 0 spiro atoms. The number of fused-ring (bicyclic) bond motifs is 1.